The molecule has 5 rings (SSSR count). The molecule has 0 bridgehead atoms. The molecule has 0 heterocycles. The monoisotopic (exact) mass is 739 g/mol. The summed E-state index contributed by atoms with van der Waals surface area (Å²) in [5, 5.41) is 11.2. The molecule has 1 unspecified atom stereocenters. The van der Waals surface area contributed by atoms with Crippen LogP contribution in [0.4, 0.5) is 17.6 Å². The van der Waals surface area contributed by atoms with Gasteiger partial charge in [0.1, 0.15) is 17.3 Å². The lowest BCUT2D eigenvalue weighted by atomic mass is 9.57. The molecule has 1 aliphatic carbocycles. The van der Waals surface area contributed by atoms with E-state index in [0.717, 1.165) is 70.2 Å². The van der Waals surface area contributed by atoms with Crippen molar-refractivity contribution < 1.29 is 41.7 Å². The Balaban J connectivity index is 0.000000244. The van der Waals surface area contributed by atoms with E-state index in [9.17, 15) is 27.2 Å². The van der Waals surface area contributed by atoms with Crippen LogP contribution in [-0.4, -0.2) is 37.4 Å². The second-order valence-corrected chi connectivity index (χ2v) is 13.9. The number of primary amides is 1. The van der Waals surface area contributed by atoms with Gasteiger partial charge in [0, 0.05) is 6.42 Å². The summed E-state index contributed by atoms with van der Waals surface area (Å²) in [6.07, 6.45) is 1.15. The zero-order chi connectivity index (χ0) is 39.5. The van der Waals surface area contributed by atoms with Crippen LogP contribution in [-0.2, 0) is 17.6 Å². The highest BCUT2D eigenvalue weighted by molar-refractivity contribution is 6.01. The van der Waals surface area contributed by atoms with Gasteiger partial charge in [0.15, 0.2) is 0 Å². The molecule has 1 amide bonds. The van der Waals surface area contributed by atoms with Gasteiger partial charge in [-0.1, -0.05) is 95.1 Å². The second kappa shape index (κ2) is 18.9. The number of ether oxygens (including phenoxy) is 2. The number of halogens is 4. The molecular formula is C43H53F4NO5. The first-order valence-corrected chi connectivity index (χ1v) is 18.1. The van der Waals surface area contributed by atoms with Gasteiger partial charge in [0.25, 0.3) is 5.91 Å². The van der Waals surface area contributed by atoms with Crippen LogP contribution in [0.15, 0.2) is 66.7 Å². The van der Waals surface area contributed by atoms with E-state index < -0.39 is 29.8 Å². The van der Waals surface area contributed by atoms with Gasteiger partial charge in [-0.2, -0.15) is 13.2 Å². The Kier molecular flexibility index (Phi) is 15.3. The van der Waals surface area contributed by atoms with Gasteiger partial charge in [-0.25, -0.2) is 4.39 Å². The number of carboxylic acid groups (broad SMARTS) is 1. The van der Waals surface area contributed by atoms with E-state index in [1.165, 1.54) is 12.1 Å². The maximum Gasteiger partial charge on any atom is 0.391 e. The molecule has 288 valence electrons. The molecule has 10 heteroatoms. The predicted octanol–water partition coefficient (Wildman–Crippen LogP) is 11.1. The number of aliphatic carboxylic acids is 1. The molecule has 0 aromatic heterocycles. The third kappa shape index (κ3) is 10.7. The second-order valence-electron chi connectivity index (χ2n) is 13.9. The Morgan fingerprint density at radius 3 is 2.08 bits per heavy atom. The summed E-state index contributed by atoms with van der Waals surface area (Å²) >= 11 is 0. The standard InChI is InChI=1S/C23H24O4.C12H21F3.C8H8FNO/c1-4-15-11-13-20(26-2)22(23(15)27-3)19-10-6-8-17-16(12-14-21(24)25)7-5-9-18(17)19;1-4-9(3)6-11(5-2)7-10(8-11)12(13,14)15;1-5-3-2-4-6(9)7(5)8(10)11/h5-11,13H,4,12,14H2,1-3H3,(H,24,25);9-10H,4-8H2,1-3H3;2-4H,1H3,(H2,10,11). The lowest BCUT2D eigenvalue weighted by molar-refractivity contribution is -0.224. The Labute approximate surface area is 310 Å². The minimum atomic E-state index is -3.96. The molecule has 0 radical (unpaired) electrons. The average Bonchev–Trinajstić information content (AvgIpc) is 3.10. The first-order valence-electron chi connectivity index (χ1n) is 18.1. The number of rotatable bonds is 12. The Bertz CT molecular complexity index is 1830. The number of carboxylic acids is 1. The van der Waals surface area contributed by atoms with Gasteiger partial charge in [-0.3, -0.25) is 9.59 Å². The van der Waals surface area contributed by atoms with E-state index in [1.54, 1.807) is 27.2 Å². The van der Waals surface area contributed by atoms with Crippen molar-refractivity contribution >= 4 is 22.6 Å². The van der Waals surface area contributed by atoms with Crippen molar-refractivity contribution in [2.45, 2.75) is 92.2 Å². The fourth-order valence-corrected chi connectivity index (χ4v) is 7.24. The summed E-state index contributed by atoms with van der Waals surface area (Å²) in [4.78, 5) is 21.6. The van der Waals surface area contributed by atoms with E-state index in [-0.39, 0.29) is 17.4 Å². The van der Waals surface area contributed by atoms with Gasteiger partial charge in [0.2, 0.25) is 0 Å². The summed E-state index contributed by atoms with van der Waals surface area (Å²) in [5.74, 6) is -0.964. The Morgan fingerprint density at radius 2 is 1.57 bits per heavy atom. The Morgan fingerprint density at radius 1 is 0.925 bits per heavy atom. The number of fused-ring (bicyclic) bond motifs is 1. The van der Waals surface area contributed by atoms with Gasteiger partial charge < -0.3 is 20.3 Å². The average molecular weight is 740 g/mol. The maximum absolute atomic E-state index is 12.8. The molecule has 4 aromatic carbocycles. The summed E-state index contributed by atoms with van der Waals surface area (Å²) < 4.78 is 61.4. The smallest absolute Gasteiger partial charge is 0.391 e. The highest BCUT2D eigenvalue weighted by atomic mass is 19.4. The largest absolute Gasteiger partial charge is 0.496 e. The molecule has 0 aliphatic heterocycles. The van der Waals surface area contributed by atoms with Gasteiger partial charge in [-0.15, -0.1) is 0 Å². The van der Waals surface area contributed by atoms with E-state index >= 15 is 0 Å². The molecule has 1 fully saturated rings. The molecule has 1 aliphatic rings. The number of methoxy groups -OCH3 is 2. The molecule has 0 saturated heterocycles. The number of amides is 1. The molecule has 0 spiro atoms. The third-order valence-corrected chi connectivity index (χ3v) is 10.4. The lowest BCUT2D eigenvalue weighted by Gasteiger charge is -2.49. The number of alkyl halides is 3. The van der Waals surface area contributed by atoms with Crippen molar-refractivity contribution in [3.05, 3.63) is 94.8 Å². The van der Waals surface area contributed by atoms with E-state index in [1.807, 2.05) is 43.3 Å². The quantitative estimate of drug-likeness (QED) is 0.141. The van der Waals surface area contributed by atoms with Gasteiger partial charge in [0.05, 0.1) is 31.3 Å². The van der Waals surface area contributed by atoms with Crippen LogP contribution in [0, 0.1) is 30.0 Å². The fraction of sp³-hybridized carbons (Fsp3) is 0.442. The van der Waals surface area contributed by atoms with Crippen molar-refractivity contribution in [3.63, 3.8) is 0 Å². The highest BCUT2D eigenvalue weighted by Gasteiger charge is 2.54. The highest BCUT2D eigenvalue weighted by Crippen LogP contribution is 2.57. The van der Waals surface area contributed by atoms with Crippen LogP contribution in [0.1, 0.15) is 93.3 Å². The zero-order valence-corrected chi connectivity index (χ0v) is 31.8. The molecule has 1 atom stereocenters. The Hall–Kier alpha value is -4.60. The van der Waals surface area contributed by atoms with Crippen LogP contribution in [0.3, 0.4) is 0 Å². The normalized spacial score (nSPS) is 17.0. The van der Waals surface area contributed by atoms with E-state index in [4.69, 9.17) is 20.3 Å². The summed E-state index contributed by atoms with van der Waals surface area (Å²) in [7, 11) is 3.34. The summed E-state index contributed by atoms with van der Waals surface area (Å²) in [5.41, 5.74) is 9.58. The van der Waals surface area contributed by atoms with Crippen molar-refractivity contribution in [3.8, 4) is 22.6 Å². The minimum Gasteiger partial charge on any atom is -0.496 e. The van der Waals surface area contributed by atoms with Crippen LogP contribution in [0.2, 0.25) is 0 Å². The SMILES string of the molecule is CCC(C)CC1(CC)CC(C(F)(F)F)C1.CCc1ccc(OC)c(-c2cccc3c(CCC(=O)O)cccc23)c1OC.Cc1cccc(F)c1C(N)=O. The van der Waals surface area contributed by atoms with Crippen molar-refractivity contribution in [1.82, 2.24) is 0 Å². The number of benzene rings is 4. The van der Waals surface area contributed by atoms with Crippen molar-refractivity contribution in [2.75, 3.05) is 14.2 Å². The molecule has 53 heavy (non-hydrogen) atoms. The lowest BCUT2D eigenvalue weighted by Crippen LogP contribution is -2.44. The maximum atomic E-state index is 12.8. The van der Waals surface area contributed by atoms with Gasteiger partial charge >= 0.3 is 12.1 Å². The number of carbonyl (C=O) groups is 2. The third-order valence-electron chi connectivity index (χ3n) is 10.4. The molecule has 6 nitrogen and oxygen atoms in total. The molecule has 1 saturated carbocycles. The van der Waals surface area contributed by atoms with Crippen molar-refractivity contribution in [2.24, 2.45) is 23.0 Å². The van der Waals surface area contributed by atoms with Gasteiger partial charge in [-0.05, 0) is 95.5 Å². The fourth-order valence-electron chi connectivity index (χ4n) is 7.24. The summed E-state index contributed by atoms with van der Waals surface area (Å²) in [6, 6.07) is 20.5. The minimum absolute atomic E-state index is 0.00435. The number of carbonyl (C=O) groups excluding carboxylic acids is 1. The van der Waals surface area contributed by atoms with Crippen LogP contribution in [0.5, 0.6) is 11.5 Å². The number of hydrogen-bond donors (Lipinski definition) is 2. The van der Waals surface area contributed by atoms with E-state index in [2.05, 4.69) is 32.9 Å². The van der Waals surface area contributed by atoms with E-state index in [0.29, 0.717) is 30.7 Å². The van der Waals surface area contributed by atoms with Crippen LogP contribution in [0.25, 0.3) is 21.9 Å². The number of nitrogens with two attached hydrogens (primary N) is 1. The zero-order valence-electron chi connectivity index (χ0n) is 31.8. The topological polar surface area (TPSA) is 98.8 Å². The first-order chi connectivity index (χ1) is 25.1. The predicted molar refractivity (Wildman–Crippen MR) is 203 cm³/mol. The molecule has 4 aromatic rings. The molecule has 3 N–H and O–H groups in total. The first kappa shape index (κ1) is 42.8. The summed E-state index contributed by atoms with van der Waals surface area (Å²) in [6.45, 7) is 10.0. The number of aryl methyl sites for hydroxylation is 3. The number of hydrogen-bond acceptors (Lipinski definition) is 4. The van der Waals surface area contributed by atoms with Crippen molar-refractivity contribution in [1.29, 1.82) is 0 Å². The van der Waals surface area contributed by atoms with Crippen LogP contribution < -0.4 is 15.2 Å². The molecular weight excluding hydrogens is 686 g/mol. The van der Waals surface area contributed by atoms with Crippen LogP contribution >= 0.6 is 0 Å².